The largest absolute Gasteiger partial charge is 0.448 e. The Bertz CT molecular complexity index is 1240. The first-order valence-corrected chi connectivity index (χ1v) is 11.4. The van der Waals surface area contributed by atoms with Crippen LogP contribution in [0.15, 0.2) is 72.8 Å². The van der Waals surface area contributed by atoms with Crippen molar-refractivity contribution in [3.63, 3.8) is 0 Å². The Kier molecular flexibility index (Phi) is 4.79. The van der Waals surface area contributed by atoms with Crippen LogP contribution in [0, 0.1) is 11.6 Å². The smallest absolute Gasteiger partial charge is 0.410 e. The molecule has 2 unspecified atom stereocenters. The fourth-order valence-electron chi connectivity index (χ4n) is 5.73. The molecule has 1 fully saturated rings. The number of rotatable bonds is 3. The molecule has 5 heteroatoms. The maximum Gasteiger partial charge on any atom is 0.410 e. The summed E-state index contributed by atoms with van der Waals surface area (Å²) in [5, 5.41) is 0. The second kappa shape index (κ2) is 7.84. The molecule has 0 saturated carbocycles. The molecule has 0 spiro atoms. The Morgan fingerprint density at radius 3 is 2.27 bits per heavy atom. The number of hydrogen-bond acceptors (Lipinski definition) is 2. The standard InChI is InChI=1S/C28H23F2NO2/c29-18-9-12-21(27(30)15-18)17-13-19-10-11-20(14-17)31(19)28(32)33-16-26-24-7-3-1-5-22(24)23-6-2-4-8-25(23)26/h1-9,12-13,15,19-20,26H,10-11,14,16H2. The molecule has 1 amide bonds. The number of benzene rings is 3. The van der Waals surface area contributed by atoms with E-state index in [1.807, 2.05) is 30.3 Å². The van der Waals surface area contributed by atoms with E-state index in [0.717, 1.165) is 24.5 Å². The normalized spacial score (nSPS) is 20.9. The van der Waals surface area contributed by atoms with Gasteiger partial charge in [-0.05, 0) is 59.2 Å². The van der Waals surface area contributed by atoms with Gasteiger partial charge < -0.3 is 4.74 Å². The average Bonchev–Trinajstić information content (AvgIpc) is 3.28. The SMILES string of the molecule is O=C(OCC1c2ccccc2-c2ccccc21)N1C2C=C(c3ccc(F)cc3F)CC1CC2. The number of amides is 1. The second-order valence-corrected chi connectivity index (χ2v) is 9.03. The van der Waals surface area contributed by atoms with Crippen molar-refractivity contribution in [2.75, 3.05) is 6.61 Å². The highest BCUT2D eigenvalue weighted by atomic mass is 19.1. The van der Waals surface area contributed by atoms with E-state index < -0.39 is 11.6 Å². The molecule has 3 aromatic rings. The Hall–Kier alpha value is -3.47. The van der Waals surface area contributed by atoms with Crippen LogP contribution in [0.25, 0.3) is 16.7 Å². The molecule has 6 rings (SSSR count). The molecule has 0 N–H and O–H groups in total. The van der Waals surface area contributed by atoms with Gasteiger partial charge in [-0.25, -0.2) is 13.6 Å². The van der Waals surface area contributed by atoms with Crippen LogP contribution >= 0.6 is 0 Å². The fraction of sp³-hybridized carbons (Fsp3) is 0.250. The van der Waals surface area contributed by atoms with E-state index in [1.165, 1.54) is 34.4 Å². The van der Waals surface area contributed by atoms with E-state index in [0.29, 0.717) is 12.0 Å². The zero-order chi connectivity index (χ0) is 22.5. The van der Waals surface area contributed by atoms with Crippen molar-refractivity contribution in [3.8, 4) is 11.1 Å². The van der Waals surface area contributed by atoms with Crippen molar-refractivity contribution < 1.29 is 18.3 Å². The van der Waals surface area contributed by atoms with E-state index in [-0.39, 0.29) is 30.7 Å². The second-order valence-electron chi connectivity index (χ2n) is 9.03. The van der Waals surface area contributed by atoms with Crippen LogP contribution in [0.1, 0.15) is 41.9 Å². The predicted octanol–water partition coefficient (Wildman–Crippen LogP) is 6.53. The highest BCUT2D eigenvalue weighted by Crippen LogP contribution is 2.45. The minimum absolute atomic E-state index is 0.0169. The van der Waals surface area contributed by atoms with Gasteiger partial charge in [-0.1, -0.05) is 54.6 Å². The summed E-state index contributed by atoms with van der Waals surface area (Å²) in [6.07, 6.45) is 3.84. The zero-order valence-electron chi connectivity index (χ0n) is 18.0. The molecular weight excluding hydrogens is 420 g/mol. The minimum atomic E-state index is -0.587. The van der Waals surface area contributed by atoms with Crippen molar-refractivity contribution in [1.82, 2.24) is 4.90 Å². The van der Waals surface area contributed by atoms with Gasteiger partial charge in [0, 0.05) is 23.6 Å². The Morgan fingerprint density at radius 2 is 1.61 bits per heavy atom. The van der Waals surface area contributed by atoms with Gasteiger partial charge in [0.2, 0.25) is 0 Å². The first kappa shape index (κ1) is 20.2. The predicted molar refractivity (Wildman–Crippen MR) is 123 cm³/mol. The van der Waals surface area contributed by atoms with E-state index >= 15 is 0 Å². The van der Waals surface area contributed by atoms with Gasteiger partial charge in [-0.15, -0.1) is 0 Å². The summed E-state index contributed by atoms with van der Waals surface area (Å²) < 4.78 is 33.5. The molecule has 166 valence electrons. The number of carbonyl (C=O) groups excluding carboxylic acids is 1. The summed E-state index contributed by atoms with van der Waals surface area (Å²) in [4.78, 5) is 14.9. The van der Waals surface area contributed by atoms with E-state index in [2.05, 4.69) is 24.3 Å². The van der Waals surface area contributed by atoms with Crippen LogP contribution in [-0.4, -0.2) is 29.7 Å². The third-order valence-corrected chi connectivity index (χ3v) is 7.22. The Balaban J connectivity index is 1.21. The molecule has 3 aliphatic rings. The molecule has 1 saturated heterocycles. The first-order chi connectivity index (χ1) is 16.1. The molecule has 0 radical (unpaired) electrons. The number of ether oxygens (including phenoxy) is 1. The van der Waals surface area contributed by atoms with Crippen molar-refractivity contribution in [1.29, 1.82) is 0 Å². The van der Waals surface area contributed by atoms with Gasteiger partial charge >= 0.3 is 6.09 Å². The van der Waals surface area contributed by atoms with E-state index in [9.17, 15) is 13.6 Å². The molecule has 33 heavy (non-hydrogen) atoms. The maximum absolute atomic E-state index is 14.3. The quantitative estimate of drug-likeness (QED) is 0.460. The van der Waals surface area contributed by atoms with E-state index in [1.54, 1.807) is 4.90 Å². The van der Waals surface area contributed by atoms with Gasteiger partial charge in [0.15, 0.2) is 0 Å². The average molecular weight is 443 g/mol. The van der Waals surface area contributed by atoms with Crippen LogP contribution in [-0.2, 0) is 4.74 Å². The monoisotopic (exact) mass is 443 g/mol. The summed E-state index contributed by atoms with van der Waals surface area (Å²) in [6, 6.07) is 20.0. The lowest BCUT2D eigenvalue weighted by atomic mass is 9.94. The van der Waals surface area contributed by atoms with Crippen LogP contribution in [0.2, 0.25) is 0 Å². The molecule has 3 aromatic carbocycles. The highest BCUT2D eigenvalue weighted by molar-refractivity contribution is 5.79. The number of nitrogens with zero attached hydrogens (tertiary/aromatic N) is 1. The summed E-state index contributed by atoms with van der Waals surface area (Å²) in [6.45, 7) is 0.284. The highest BCUT2D eigenvalue weighted by Gasteiger charge is 2.41. The van der Waals surface area contributed by atoms with E-state index in [4.69, 9.17) is 4.74 Å². The Morgan fingerprint density at radius 1 is 0.909 bits per heavy atom. The van der Waals surface area contributed by atoms with Crippen LogP contribution in [0.4, 0.5) is 13.6 Å². The van der Waals surface area contributed by atoms with Gasteiger partial charge in [0.05, 0.1) is 6.04 Å². The lowest BCUT2D eigenvalue weighted by Crippen LogP contribution is -2.43. The van der Waals surface area contributed by atoms with Gasteiger partial charge in [-0.2, -0.15) is 0 Å². The third kappa shape index (κ3) is 3.34. The van der Waals surface area contributed by atoms with Crippen LogP contribution < -0.4 is 0 Å². The van der Waals surface area contributed by atoms with Gasteiger partial charge in [-0.3, -0.25) is 4.90 Å². The molecule has 2 heterocycles. The minimum Gasteiger partial charge on any atom is -0.448 e. The van der Waals surface area contributed by atoms with Crippen LogP contribution in [0.5, 0.6) is 0 Å². The molecule has 1 aliphatic carbocycles. The lowest BCUT2D eigenvalue weighted by Gasteiger charge is -2.33. The van der Waals surface area contributed by atoms with Gasteiger partial charge in [0.1, 0.15) is 18.2 Å². The maximum atomic E-state index is 14.3. The molecule has 2 bridgehead atoms. The molecule has 3 nitrogen and oxygen atoms in total. The topological polar surface area (TPSA) is 29.5 Å². The lowest BCUT2D eigenvalue weighted by molar-refractivity contribution is 0.0866. The van der Waals surface area contributed by atoms with Crippen molar-refractivity contribution >= 4 is 11.7 Å². The molecule has 2 aliphatic heterocycles. The molecule has 0 aromatic heterocycles. The Labute approximate surface area is 191 Å². The third-order valence-electron chi connectivity index (χ3n) is 7.22. The number of carbonyl (C=O) groups is 1. The number of hydrogen-bond donors (Lipinski definition) is 0. The molecule has 2 atom stereocenters. The number of fused-ring (bicyclic) bond motifs is 5. The van der Waals surface area contributed by atoms with Crippen molar-refractivity contribution in [2.24, 2.45) is 0 Å². The first-order valence-electron chi connectivity index (χ1n) is 11.4. The zero-order valence-corrected chi connectivity index (χ0v) is 18.0. The summed E-state index contributed by atoms with van der Waals surface area (Å²) >= 11 is 0. The molecular formula is C28H23F2NO2. The van der Waals surface area contributed by atoms with Crippen molar-refractivity contribution in [3.05, 3.63) is 101 Å². The fourth-order valence-corrected chi connectivity index (χ4v) is 5.73. The number of halogens is 2. The summed E-state index contributed by atoms with van der Waals surface area (Å²) in [7, 11) is 0. The van der Waals surface area contributed by atoms with Gasteiger partial charge in [0.25, 0.3) is 0 Å². The summed E-state index contributed by atoms with van der Waals surface area (Å²) in [5.74, 6) is -1.13. The van der Waals surface area contributed by atoms with Crippen LogP contribution in [0.3, 0.4) is 0 Å². The van der Waals surface area contributed by atoms with Crippen molar-refractivity contribution in [2.45, 2.75) is 37.3 Å². The summed E-state index contributed by atoms with van der Waals surface area (Å²) in [5.41, 5.74) is 6.01.